The second-order valence-electron chi connectivity index (χ2n) is 10.5. The number of aromatic hydroxyl groups is 1. The first-order chi connectivity index (χ1) is 18.3. The van der Waals surface area contributed by atoms with E-state index >= 15 is 0 Å². The summed E-state index contributed by atoms with van der Waals surface area (Å²) in [7, 11) is 3.07. The van der Waals surface area contributed by atoms with Crippen molar-refractivity contribution in [1.29, 1.82) is 0 Å². The normalized spacial score (nSPS) is 26.5. The van der Waals surface area contributed by atoms with Gasteiger partial charge in [-0.3, -0.25) is 19.3 Å². The number of carbonyl (C=O) groups is 3. The topological polar surface area (TPSA) is 187 Å². The average Bonchev–Trinajstić information content (AvgIpc) is 2.86. The molecule has 8 N–H and O–H groups in total. The molecular formula is C28H28FN3O7. The standard InChI is InChI=1S/C28H28FN3O7/c1-32(2)21-17-9-12-7-16-15(11-3-5-14(29)6-4-11)8-13(10-30)22(33)19(16)23(34)18(12)25(36)28(17,39)26(37)20(24(21)35)27(31)38/h3-6,8,12,17,21,33-34,37,39H,7,9-10,30H2,1-2H3,(H2,31,38). The summed E-state index contributed by atoms with van der Waals surface area (Å²) in [5, 5.41) is 45.1. The highest BCUT2D eigenvalue weighted by Gasteiger charge is 2.64. The van der Waals surface area contributed by atoms with Crippen LogP contribution in [-0.2, 0) is 27.3 Å². The van der Waals surface area contributed by atoms with E-state index in [-0.39, 0.29) is 41.8 Å². The maximum atomic E-state index is 14.0. The van der Waals surface area contributed by atoms with E-state index in [1.54, 1.807) is 18.2 Å². The van der Waals surface area contributed by atoms with E-state index in [1.807, 2.05) is 0 Å². The first-order valence-corrected chi connectivity index (χ1v) is 12.3. The van der Waals surface area contributed by atoms with Crippen molar-refractivity contribution in [1.82, 2.24) is 4.90 Å². The zero-order valence-electron chi connectivity index (χ0n) is 21.2. The Kier molecular flexibility index (Phi) is 6.13. The zero-order valence-corrected chi connectivity index (χ0v) is 21.2. The summed E-state index contributed by atoms with van der Waals surface area (Å²) in [4.78, 5) is 40.7. The molecule has 4 unspecified atom stereocenters. The first-order valence-electron chi connectivity index (χ1n) is 12.3. The van der Waals surface area contributed by atoms with Crippen LogP contribution in [0.25, 0.3) is 16.9 Å². The van der Waals surface area contributed by atoms with E-state index < -0.39 is 63.9 Å². The summed E-state index contributed by atoms with van der Waals surface area (Å²) in [6.07, 6.45) is 0.0771. The van der Waals surface area contributed by atoms with Crippen molar-refractivity contribution in [3.8, 4) is 16.9 Å². The van der Waals surface area contributed by atoms with Crippen molar-refractivity contribution in [3.63, 3.8) is 0 Å². The molecule has 0 aliphatic heterocycles. The summed E-state index contributed by atoms with van der Waals surface area (Å²) < 4.78 is 13.7. The minimum atomic E-state index is -2.72. The highest BCUT2D eigenvalue weighted by atomic mass is 19.1. The van der Waals surface area contributed by atoms with E-state index in [0.717, 1.165) is 0 Å². The number of phenolic OH excluding ortho intramolecular Hbond substituents is 1. The molecule has 0 aromatic heterocycles. The molecule has 1 fully saturated rings. The van der Waals surface area contributed by atoms with Gasteiger partial charge < -0.3 is 31.9 Å². The lowest BCUT2D eigenvalue weighted by atomic mass is 9.57. The van der Waals surface area contributed by atoms with Crippen LogP contribution < -0.4 is 11.5 Å². The van der Waals surface area contributed by atoms with Gasteiger partial charge in [0, 0.05) is 23.6 Å². The molecular weight excluding hydrogens is 509 g/mol. The molecule has 2 aromatic rings. The smallest absolute Gasteiger partial charge is 0.255 e. The van der Waals surface area contributed by atoms with Crippen molar-refractivity contribution in [2.24, 2.45) is 23.3 Å². The van der Waals surface area contributed by atoms with Crippen LogP contribution in [0.15, 0.2) is 47.2 Å². The van der Waals surface area contributed by atoms with Gasteiger partial charge in [0.25, 0.3) is 5.91 Å². The number of primary amides is 1. The number of nitrogens with zero attached hydrogens (tertiary/aromatic N) is 1. The zero-order chi connectivity index (χ0) is 28.5. The number of aliphatic hydroxyl groups is 3. The Balaban J connectivity index is 1.77. The number of halogens is 1. The number of nitrogens with two attached hydrogens (primary N) is 2. The number of benzene rings is 2. The van der Waals surface area contributed by atoms with Crippen LogP contribution in [0.2, 0.25) is 0 Å². The number of fused-ring (bicyclic) bond motifs is 3. The lowest BCUT2D eigenvalue weighted by Crippen LogP contribution is -2.65. The molecule has 1 saturated carbocycles. The molecule has 0 spiro atoms. The first kappa shape index (κ1) is 26.5. The van der Waals surface area contributed by atoms with Gasteiger partial charge in [-0.15, -0.1) is 0 Å². The van der Waals surface area contributed by atoms with Crippen molar-refractivity contribution >= 4 is 23.2 Å². The van der Waals surface area contributed by atoms with E-state index in [1.165, 1.54) is 31.1 Å². The molecule has 2 aromatic carbocycles. The van der Waals surface area contributed by atoms with Crippen molar-refractivity contribution in [2.45, 2.75) is 31.0 Å². The lowest BCUT2D eigenvalue weighted by molar-refractivity contribution is -0.153. The van der Waals surface area contributed by atoms with Crippen LogP contribution >= 0.6 is 0 Å². The average molecular weight is 538 g/mol. The van der Waals surface area contributed by atoms with Gasteiger partial charge in [-0.1, -0.05) is 12.1 Å². The number of phenols is 1. The van der Waals surface area contributed by atoms with Crippen LogP contribution in [0.4, 0.5) is 4.39 Å². The van der Waals surface area contributed by atoms with Crippen LogP contribution in [0.1, 0.15) is 23.1 Å². The van der Waals surface area contributed by atoms with Crippen molar-refractivity contribution < 1.29 is 39.2 Å². The summed E-state index contributed by atoms with van der Waals surface area (Å²) in [5.74, 6) is -7.68. The number of aliphatic hydroxyl groups excluding tert-OH is 2. The summed E-state index contributed by atoms with van der Waals surface area (Å²) >= 11 is 0. The van der Waals surface area contributed by atoms with Gasteiger partial charge in [0.1, 0.15) is 28.7 Å². The molecule has 3 aliphatic carbocycles. The number of carbonyl (C=O) groups excluding carboxylic acids is 3. The number of rotatable bonds is 4. The molecule has 3 aliphatic rings. The van der Waals surface area contributed by atoms with Gasteiger partial charge in [-0.05, 0) is 67.7 Å². The van der Waals surface area contributed by atoms with Crippen molar-refractivity contribution in [3.05, 3.63) is 69.7 Å². The SMILES string of the molecule is CN(C)C1C(=O)C(C(N)=O)=C(O)C2(O)C(=O)C3=C(O)c4c(O)c(CN)cc(-c5ccc(F)cc5)c4CC3CC12. The molecule has 5 rings (SSSR count). The summed E-state index contributed by atoms with van der Waals surface area (Å²) in [6.45, 7) is -0.114. The van der Waals surface area contributed by atoms with E-state index in [2.05, 4.69) is 0 Å². The number of ketones is 2. The Bertz CT molecular complexity index is 1510. The van der Waals surface area contributed by atoms with Gasteiger partial charge in [-0.2, -0.15) is 0 Å². The minimum absolute atomic E-state index is 0.0337. The minimum Gasteiger partial charge on any atom is -0.508 e. The quantitative estimate of drug-likeness (QED) is 0.312. The van der Waals surface area contributed by atoms with Gasteiger partial charge in [0.15, 0.2) is 11.4 Å². The predicted molar refractivity (Wildman–Crippen MR) is 138 cm³/mol. The van der Waals surface area contributed by atoms with Gasteiger partial charge in [0.2, 0.25) is 5.78 Å². The second kappa shape index (κ2) is 9.01. The van der Waals surface area contributed by atoms with Gasteiger partial charge in [0.05, 0.1) is 11.6 Å². The number of amides is 1. The van der Waals surface area contributed by atoms with Crippen LogP contribution in [-0.4, -0.2) is 68.5 Å². The van der Waals surface area contributed by atoms with E-state index in [0.29, 0.717) is 16.7 Å². The molecule has 0 heterocycles. The Morgan fingerprint density at radius 2 is 1.79 bits per heavy atom. The fourth-order valence-electron chi connectivity index (χ4n) is 6.41. The third kappa shape index (κ3) is 3.61. The fraction of sp³-hybridized carbons (Fsp3) is 0.321. The maximum absolute atomic E-state index is 14.0. The summed E-state index contributed by atoms with van der Waals surface area (Å²) in [6, 6.07) is 6.09. The third-order valence-corrected chi connectivity index (χ3v) is 8.17. The monoisotopic (exact) mass is 537 g/mol. The Morgan fingerprint density at radius 3 is 2.36 bits per heavy atom. The molecule has 10 nitrogen and oxygen atoms in total. The fourth-order valence-corrected chi connectivity index (χ4v) is 6.41. The molecule has 204 valence electrons. The maximum Gasteiger partial charge on any atom is 0.255 e. The number of hydrogen-bond acceptors (Lipinski definition) is 9. The van der Waals surface area contributed by atoms with Gasteiger partial charge in [-0.25, -0.2) is 4.39 Å². The molecule has 1 amide bonds. The third-order valence-electron chi connectivity index (χ3n) is 8.17. The number of Topliss-reactive ketones (excluding diaryl/α,β-unsaturated/α-hetero) is 2. The molecule has 39 heavy (non-hydrogen) atoms. The number of likely N-dealkylation sites (N-methyl/N-ethyl adjacent to an activating group) is 1. The van der Waals surface area contributed by atoms with Crippen molar-refractivity contribution in [2.75, 3.05) is 14.1 Å². The molecule has 0 bridgehead atoms. The van der Waals surface area contributed by atoms with Gasteiger partial charge >= 0.3 is 0 Å². The Labute approximate surface area is 222 Å². The predicted octanol–water partition coefficient (Wildman–Crippen LogP) is 1.23. The number of hydrogen-bond donors (Lipinski definition) is 6. The van der Waals surface area contributed by atoms with E-state index in [4.69, 9.17) is 11.5 Å². The van der Waals surface area contributed by atoms with Crippen LogP contribution in [0.5, 0.6) is 5.75 Å². The lowest BCUT2D eigenvalue weighted by Gasteiger charge is -2.50. The highest BCUT2D eigenvalue weighted by Crippen LogP contribution is 2.54. The molecule has 0 saturated heterocycles. The van der Waals surface area contributed by atoms with E-state index in [9.17, 15) is 39.2 Å². The second-order valence-corrected chi connectivity index (χ2v) is 10.5. The molecule has 11 heteroatoms. The summed E-state index contributed by atoms with van der Waals surface area (Å²) in [5.41, 5.74) is 9.16. The van der Waals surface area contributed by atoms with Crippen LogP contribution in [0, 0.1) is 17.7 Å². The molecule has 0 radical (unpaired) electrons. The largest absolute Gasteiger partial charge is 0.508 e. The highest BCUT2D eigenvalue weighted by molar-refractivity contribution is 6.24. The Morgan fingerprint density at radius 1 is 1.15 bits per heavy atom. The molecule has 4 atom stereocenters. The Hall–Kier alpha value is -4.06. The van der Waals surface area contributed by atoms with Crippen LogP contribution in [0.3, 0.4) is 0 Å².